The van der Waals surface area contributed by atoms with E-state index in [9.17, 15) is 14.4 Å². The number of carbonyl (C=O) groups is 3. The third kappa shape index (κ3) is 6.38. The Labute approximate surface area is 131 Å². The molecule has 0 amide bonds. The van der Waals surface area contributed by atoms with Gasteiger partial charge in [-0.2, -0.15) is 0 Å². The molecule has 0 aliphatic carbocycles. The van der Waals surface area contributed by atoms with Crippen LogP contribution in [0.25, 0.3) is 0 Å². The molecule has 0 fully saturated rings. The van der Waals surface area contributed by atoms with Crippen LogP contribution in [0.1, 0.15) is 41.5 Å². The molecule has 21 heavy (non-hydrogen) atoms. The summed E-state index contributed by atoms with van der Waals surface area (Å²) in [5, 5.41) is 0. The fourth-order valence-electron chi connectivity index (χ4n) is 0.902. The van der Waals surface area contributed by atoms with E-state index in [1.807, 2.05) is 0 Å². The van der Waals surface area contributed by atoms with E-state index in [2.05, 4.69) is 3.94 Å². The molecule has 118 valence electrons. The molecule has 0 unspecified atom stereocenters. The number of rotatable bonds is 6. The first kappa shape index (κ1) is 19.8. The Morgan fingerprint density at radius 3 is 1.14 bits per heavy atom. The van der Waals surface area contributed by atoms with Gasteiger partial charge in [-0.3, -0.25) is 0 Å². The molecule has 7 heteroatoms. The van der Waals surface area contributed by atoms with Gasteiger partial charge in [0.25, 0.3) is 0 Å². The first-order valence-electron chi connectivity index (χ1n) is 6.71. The van der Waals surface area contributed by atoms with Crippen LogP contribution in [-0.2, 0) is 23.6 Å². The summed E-state index contributed by atoms with van der Waals surface area (Å²) in [6.45, 7) is 9.61. The van der Waals surface area contributed by atoms with Crippen LogP contribution in [0.3, 0.4) is 0 Å². The maximum absolute atomic E-state index is 11.8. The molecule has 0 aromatic carbocycles. The average Bonchev–Trinajstić information content (AvgIpc) is 2.37. The van der Waals surface area contributed by atoms with Gasteiger partial charge in [-0.15, -0.1) is 0 Å². The van der Waals surface area contributed by atoms with E-state index in [-0.39, 0.29) is 0 Å². The standard InChI is InChI=1S/3C4H8O2.C2H.Sn/c3*1-3(2)4(5)6;1-2;/h3*3H,1-2H3,(H,5,6);1H;/q;;;;+3/p-3. The zero-order valence-electron chi connectivity index (χ0n) is 13.3. The molecule has 0 aromatic rings. The monoisotopic (exact) mass is 406 g/mol. The van der Waals surface area contributed by atoms with Crippen LogP contribution in [0.4, 0.5) is 0 Å². The zero-order valence-corrected chi connectivity index (χ0v) is 16.1. The van der Waals surface area contributed by atoms with E-state index in [1.54, 1.807) is 41.5 Å². The predicted octanol–water partition coefficient (Wildman–Crippen LogP) is 1.70. The maximum atomic E-state index is 11.8. The molecule has 0 bridgehead atoms. The van der Waals surface area contributed by atoms with E-state index in [0.717, 1.165) is 0 Å². The van der Waals surface area contributed by atoms with E-state index in [1.165, 1.54) is 0 Å². The van der Waals surface area contributed by atoms with Crippen LogP contribution in [0.15, 0.2) is 0 Å². The Morgan fingerprint density at radius 1 is 0.762 bits per heavy atom. The molecule has 0 spiro atoms. The molecule has 0 rings (SSSR count). The normalized spacial score (nSPS) is 11.2. The average molecular weight is 405 g/mol. The molecule has 0 saturated heterocycles. The summed E-state index contributed by atoms with van der Waals surface area (Å²) in [5.74, 6) is -3.41. The second-order valence-electron chi connectivity index (χ2n) is 5.43. The summed E-state index contributed by atoms with van der Waals surface area (Å²) in [6.07, 6.45) is 5.36. The molecule has 0 saturated carbocycles. The summed E-state index contributed by atoms with van der Waals surface area (Å²) in [6, 6.07) is 0. The van der Waals surface area contributed by atoms with Crippen LogP contribution >= 0.6 is 0 Å². The Bertz CT molecular complexity index is 392. The van der Waals surface area contributed by atoms with Crippen molar-refractivity contribution in [2.75, 3.05) is 0 Å². The Morgan fingerprint density at radius 2 is 1.00 bits per heavy atom. The van der Waals surface area contributed by atoms with Crippen molar-refractivity contribution in [3.05, 3.63) is 0 Å². The van der Waals surface area contributed by atoms with E-state index < -0.39 is 55.3 Å². The van der Waals surface area contributed by atoms with Gasteiger partial charge in [0.2, 0.25) is 0 Å². The van der Waals surface area contributed by atoms with Gasteiger partial charge in [-0.1, -0.05) is 0 Å². The quantitative estimate of drug-likeness (QED) is 0.495. The Balaban J connectivity index is 5.39. The second-order valence-corrected chi connectivity index (χ2v) is 11.2. The molecule has 0 N–H and O–H groups in total. The Kier molecular flexibility index (Phi) is 7.78. The third-order valence-corrected chi connectivity index (χ3v) is 7.33. The molecule has 0 aromatic heterocycles. The van der Waals surface area contributed by atoms with Crippen molar-refractivity contribution in [3.8, 4) is 10.4 Å². The van der Waals surface area contributed by atoms with Crippen LogP contribution in [0, 0.1) is 28.1 Å². The molecular formula is C14H22O6Sn. The molecular weight excluding hydrogens is 383 g/mol. The first-order valence-corrected chi connectivity index (χ1v) is 11.6. The topological polar surface area (TPSA) is 78.9 Å². The zero-order chi connectivity index (χ0) is 16.8. The van der Waals surface area contributed by atoms with Gasteiger partial charge < -0.3 is 0 Å². The van der Waals surface area contributed by atoms with Gasteiger partial charge in [0, 0.05) is 0 Å². The minimum absolute atomic E-state index is 0.482. The van der Waals surface area contributed by atoms with Crippen LogP contribution in [0.2, 0.25) is 0 Å². The summed E-state index contributed by atoms with van der Waals surface area (Å²) in [7, 11) is 0. The fraction of sp³-hybridized carbons (Fsp3) is 0.643. The van der Waals surface area contributed by atoms with E-state index in [0.29, 0.717) is 0 Å². The van der Waals surface area contributed by atoms with Crippen molar-refractivity contribution in [1.29, 1.82) is 0 Å². The van der Waals surface area contributed by atoms with Crippen LogP contribution in [-0.4, -0.2) is 37.5 Å². The summed E-state index contributed by atoms with van der Waals surface area (Å²) >= 11 is -5.04. The third-order valence-electron chi connectivity index (χ3n) is 2.30. The minimum atomic E-state index is -5.04. The van der Waals surface area contributed by atoms with Gasteiger partial charge in [-0.25, -0.2) is 0 Å². The van der Waals surface area contributed by atoms with Crippen molar-refractivity contribution in [3.63, 3.8) is 0 Å². The van der Waals surface area contributed by atoms with E-state index in [4.69, 9.17) is 15.6 Å². The summed E-state index contributed by atoms with van der Waals surface area (Å²) in [5.41, 5.74) is 0. The van der Waals surface area contributed by atoms with Crippen LogP contribution in [0.5, 0.6) is 0 Å². The molecule has 0 aliphatic rings. The first-order chi connectivity index (χ1) is 9.54. The number of terminal acetylenes is 1. The van der Waals surface area contributed by atoms with Gasteiger partial charge in [0.1, 0.15) is 0 Å². The SMILES string of the molecule is C#[C][Sn]([O]C(=O)C(C)C)([O]C(=O)C(C)C)[O]C(=O)C(C)C. The Hall–Kier alpha value is -1.23. The molecule has 0 heterocycles. The number of hydrogen-bond donors (Lipinski definition) is 0. The molecule has 6 nitrogen and oxygen atoms in total. The van der Waals surface area contributed by atoms with Crippen molar-refractivity contribution >= 4 is 37.5 Å². The molecule has 0 radical (unpaired) electrons. The molecule has 0 aliphatic heterocycles. The molecule has 0 atom stereocenters. The van der Waals surface area contributed by atoms with Crippen molar-refractivity contribution < 1.29 is 23.6 Å². The fourth-order valence-corrected chi connectivity index (χ4v) is 6.05. The number of hydrogen-bond acceptors (Lipinski definition) is 6. The summed E-state index contributed by atoms with van der Waals surface area (Å²) in [4.78, 5) is 35.3. The van der Waals surface area contributed by atoms with Gasteiger partial charge in [-0.05, 0) is 0 Å². The van der Waals surface area contributed by atoms with Crippen molar-refractivity contribution in [1.82, 2.24) is 0 Å². The van der Waals surface area contributed by atoms with Gasteiger partial charge >= 0.3 is 131 Å². The van der Waals surface area contributed by atoms with Gasteiger partial charge in [0.15, 0.2) is 0 Å². The predicted molar refractivity (Wildman–Crippen MR) is 77.4 cm³/mol. The van der Waals surface area contributed by atoms with E-state index >= 15 is 0 Å². The van der Waals surface area contributed by atoms with Gasteiger partial charge in [0.05, 0.1) is 0 Å². The van der Waals surface area contributed by atoms with Crippen molar-refractivity contribution in [2.45, 2.75) is 41.5 Å². The summed E-state index contributed by atoms with van der Waals surface area (Å²) < 4.78 is 17.6. The van der Waals surface area contributed by atoms with Crippen LogP contribution < -0.4 is 0 Å². The number of carbonyl (C=O) groups excluding carboxylic acids is 3. The van der Waals surface area contributed by atoms with Crippen molar-refractivity contribution in [2.24, 2.45) is 17.8 Å². The second kappa shape index (κ2) is 8.27.